The van der Waals surface area contributed by atoms with Crippen molar-refractivity contribution in [2.75, 3.05) is 11.9 Å². The maximum Gasteiger partial charge on any atom is 0.260 e. The highest BCUT2D eigenvalue weighted by Gasteiger charge is 2.25. The Bertz CT molecular complexity index is 1630. The van der Waals surface area contributed by atoms with E-state index in [2.05, 4.69) is 4.98 Å². The molecule has 3 aromatic carbocycles. The smallest absolute Gasteiger partial charge is 0.260 e. The van der Waals surface area contributed by atoms with E-state index in [0.717, 1.165) is 10.3 Å². The number of para-hydroxylation sites is 1. The van der Waals surface area contributed by atoms with Gasteiger partial charge in [-0.15, -0.1) is 0 Å². The monoisotopic (exact) mass is 551 g/mol. The maximum absolute atomic E-state index is 13.6. The molecule has 5 aromatic rings. The van der Waals surface area contributed by atoms with Crippen molar-refractivity contribution >= 4 is 54.2 Å². The summed E-state index contributed by atoms with van der Waals surface area (Å²) in [6.07, 6.45) is 1.54. The van der Waals surface area contributed by atoms with Gasteiger partial charge >= 0.3 is 0 Å². The van der Waals surface area contributed by atoms with Crippen molar-refractivity contribution in [1.29, 1.82) is 0 Å². The van der Waals surface area contributed by atoms with Gasteiger partial charge in [0.15, 0.2) is 5.13 Å². The third-order valence-electron chi connectivity index (χ3n) is 5.79. The van der Waals surface area contributed by atoms with Crippen LogP contribution in [-0.2, 0) is 23.1 Å². The van der Waals surface area contributed by atoms with Gasteiger partial charge < -0.3 is 4.42 Å². The standard InChI is InChI=1S/C27H22ClN3O4S2/c1-30(17-19-7-3-2-4-8-19)37(33,34)22-14-12-20(13-15-22)26(32)31(18-21-9-6-16-35-21)27-29-25-23(28)10-5-11-24(25)36-27/h2-16H,17-18H2,1H3. The van der Waals surface area contributed by atoms with Gasteiger partial charge in [-0.2, -0.15) is 4.31 Å². The van der Waals surface area contributed by atoms with Gasteiger partial charge in [-0.05, 0) is 54.1 Å². The molecule has 0 aliphatic heterocycles. The van der Waals surface area contributed by atoms with E-state index in [9.17, 15) is 13.2 Å². The van der Waals surface area contributed by atoms with Crippen molar-refractivity contribution in [3.05, 3.63) is 113 Å². The highest BCUT2D eigenvalue weighted by molar-refractivity contribution is 7.89. The summed E-state index contributed by atoms with van der Waals surface area (Å²) >= 11 is 7.65. The lowest BCUT2D eigenvalue weighted by Crippen LogP contribution is -2.30. The number of benzene rings is 3. The number of halogens is 1. The summed E-state index contributed by atoms with van der Waals surface area (Å²) in [7, 11) is -2.21. The van der Waals surface area contributed by atoms with Crippen molar-refractivity contribution in [3.63, 3.8) is 0 Å². The van der Waals surface area contributed by atoms with Crippen LogP contribution in [0.4, 0.5) is 5.13 Å². The van der Waals surface area contributed by atoms with E-state index in [0.29, 0.717) is 27.0 Å². The van der Waals surface area contributed by atoms with E-state index in [-0.39, 0.29) is 23.9 Å². The average Bonchev–Trinajstić information content (AvgIpc) is 3.58. The molecule has 0 aliphatic carbocycles. The predicted octanol–water partition coefficient (Wildman–Crippen LogP) is 6.21. The van der Waals surface area contributed by atoms with Crippen LogP contribution in [0.2, 0.25) is 5.02 Å². The third-order valence-corrected chi connectivity index (χ3v) is 8.95. The zero-order valence-corrected chi connectivity index (χ0v) is 22.1. The summed E-state index contributed by atoms with van der Waals surface area (Å²) in [6.45, 7) is 0.393. The lowest BCUT2D eigenvalue weighted by atomic mass is 10.2. The lowest BCUT2D eigenvalue weighted by Gasteiger charge is -2.20. The molecule has 2 heterocycles. The molecule has 5 rings (SSSR count). The molecule has 0 radical (unpaired) electrons. The van der Waals surface area contributed by atoms with E-state index in [1.54, 1.807) is 24.5 Å². The number of hydrogen-bond acceptors (Lipinski definition) is 6. The summed E-state index contributed by atoms with van der Waals surface area (Å²) < 4.78 is 33.8. The number of amides is 1. The normalized spacial score (nSPS) is 11.8. The topological polar surface area (TPSA) is 83.7 Å². The van der Waals surface area contributed by atoms with Gasteiger partial charge in [0.05, 0.1) is 27.4 Å². The molecule has 0 saturated heterocycles. The van der Waals surface area contributed by atoms with Crippen molar-refractivity contribution < 1.29 is 17.6 Å². The second-order valence-corrected chi connectivity index (χ2v) is 11.8. The minimum absolute atomic E-state index is 0.104. The van der Waals surface area contributed by atoms with Crippen molar-refractivity contribution in [2.24, 2.45) is 0 Å². The number of carbonyl (C=O) groups is 1. The zero-order valence-electron chi connectivity index (χ0n) is 19.7. The number of carbonyl (C=O) groups excluding carboxylic acids is 1. The number of aromatic nitrogens is 1. The molecule has 0 spiro atoms. The minimum Gasteiger partial charge on any atom is -0.467 e. The summed E-state index contributed by atoms with van der Waals surface area (Å²) in [5.41, 5.74) is 1.82. The number of nitrogens with zero attached hydrogens (tertiary/aromatic N) is 3. The average molecular weight is 552 g/mol. The van der Waals surface area contributed by atoms with Gasteiger partial charge in [0.25, 0.3) is 5.91 Å². The number of anilines is 1. The van der Waals surface area contributed by atoms with Gasteiger partial charge in [-0.25, -0.2) is 13.4 Å². The van der Waals surface area contributed by atoms with Crippen LogP contribution in [0.15, 0.2) is 101 Å². The van der Waals surface area contributed by atoms with E-state index in [1.807, 2.05) is 42.5 Å². The molecule has 7 nitrogen and oxygen atoms in total. The first-order valence-corrected chi connectivity index (χ1v) is 14.0. The third kappa shape index (κ3) is 5.30. The predicted molar refractivity (Wildman–Crippen MR) is 145 cm³/mol. The van der Waals surface area contributed by atoms with Crippen LogP contribution in [-0.4, -0.2) is 30.7 Å². The van der Waals surface area contributed by atoms with Crippen molar-refractivity contribution in [3.8, 4) is 0 Å². The number of rotatable bonds is 8. The first-order valence-electron chi connectivity index (χ1n) is 11.3. The van der Waals surface area contributed by atoms with Gasteiger partial charge in [0.1, 0.15) is 11.3 Å². The van der Waals surface area contributed by atoms with Crippen LogP contribution in [0.3, 0.4) is 0 Å². The molecule has 0 unspecified atom stereocenters. The molecular weight excluding hydrogens is 530 g/mol. The first-order chi connectivity index (χ1) is 17.8. The molecule has 0 fully saturated rings. The molecule has 188 valence electrons. The van der Waals surface area contributed by atoms with E-state index >= 15 is 0 Å². The fraction of sp³-hybridized carbons (Fsp3) is 0.111. The molecule has 0 saturated carbocycles. The van der Waals surface area contributed by atoms with Gasteiger partial charge in [-0.3, -0.25) is 9.69 Å². The van der Waals surface area contributed by atoms with Crippen LogP contribution < -0.4 is 4.90 Å². The zero-order chi connectivity index (χ0) is 26.0. The number of hydrogen-bond donors (Lipinski definition) is 0. The Labute approximate surface area is 223 Å². The SMILES string of the molecule is CN(Cc1ccccc1)S(=O)(=O)c1ccc(C(=O)N(Cc2ccco2)c2nc3c(Cl)cccc3s2)cc1. The molecule has 10 heteroatoms. The fourth-order valence-electron chi connectivity index (χ4n) is 3.83. The summed E-state index contributed by atoms with van der Waals surface area (Å²) in [4.78, 5) is 19.8. The van der Waals surface area contributed by atoms with E-state index in [1.165, 1.54) is 51.9 Å². The fourth-order valence-corrected chi connectivity index (χ4v) is 6.26. The molecular formula is C27H22ClN3O4S2. The quantitative estimate of drug-likeness (QED) is 0.229. The Balaban J connectivity index is 1.43. The number of fused-ring (bicyclic) bond motifs is 1. The molecule has 37 heavy (non-hydrogen) atoms. The Morgan fingerprint density at radius 1 is 0.946 bits per heavy atom. The molecule has 0 N–H and O–H groups in total. The van der Waals surface area contributed by atoms with E-state index < -0.39 is 10.0 Å². The first kappa shape index (κ1) is 25.2. The number of thiazole rings is 1. The van der Waals surface area contributed by atoms with Gasteiger partial charge in [0.2, 0.25) is 10.0 Å². The second-order valence-electron chi connectivity index (χ2n) is 8.32. The molecule has 2 aromatic heterocycles. The van der Waals surface area contributed by atoms with Crippen molar-refractivity contribution in [1.82, 2.24) is 9.29 Å². The molecule has 0 bridgehead atoms. The Hall–Kier alpha value is -3.50. The maximum atomic E-state index is 13.6. The van der Waals surface area contributed by atoms with Crippen LogP contribution >= 0.6 is 22.9 Å². The van der Waals surface area contributed by atoms with Crippen molar-refractivity contribution in [2.45, 2.75) is 18.0 Å². The summed E-state index contributed by atoms with van der Waals surface area (Å²) in [5.74, 6) is 0.244. The molecule has 0 aliphatic rings. The Kier molecular flexibility index (Phi) is 7.12. The van der Waals surface area contributed by atoms with Gasteiger partial charge in [-0.1, -0.05) is 59.3 Å². The second kappa shape index (κ2) is 10.5. The lowest BCUT2D eigenvalue weighted by molar-refractivity contribution is 0.0983. The molecule has 0 atom stereocenters. The van der Waals surface area contributed by atoms with Crippen LogP contribution in [0.25, 0.3) is 10.2 Å². The summed E-state index contributed by atoms with van der Waals surface area (Å²) in [5, 5.41) is 0.961. The Morgan fingerprint density at radius 3 is 2.38 bits per heavy atom. The number of furan rings is 1. The largest absolute Gasteiger partial charge is 0.467 e. The molecule has 1 amide bonds. The summed E-state index contributed by atoms with van der Waals surface area (Å²) in [6, 6.07) is 24.3. The highest BCUT2D eigenvalue weighted by Crippen LogP contribution is 2.34. The van der Waals surface area contributed by atoms with E-state index in [4.69, 9.17) is 16.0 Å². The number of sulfonamides is 1. The van der Waals surface area contributed by atoms with Crippen LogP contribution in [0.1, 0.15) is 21.7 Å². The van der Waals surface area contributed by atoms with Crippen LogP contribution in [0.5, 0.6) is 0 Å². The highest BCUT2D eigenvalue weighted by atomic mass is 35.5. The Morgan fingerprint density at radius 2 is 1.70 bits per heavy atom. The minimum atomic E-state index is -3.75. The van der Waals surface area contributed by atoms with Crippen LogP contribution in [0, 0.1) is 0 Å². The van der Waals surface area contributed by atoms with Gasteiger partial charge in [0, 0.05) is 19.2 Å².